The summed E-state index contributed by atoms with van der Waals surface area (Å²) in [6.45, 7) is 1.86. The minimum Gasteiger partial charge on any atom is -0.507 e. The lowest BCUT2D eigenvalue weighted by Crippen LogP contribution is -1.92. The van der Waals surface area contributed by atoms with E-state index >= 15 is 0 Å². The Kier molecular flexibility index (Phi) is 3.65. The molecule has 76 valence electrons. The van der Waals surface area contributed by atoms with Gasteiger partial charge in [-0.25, -0.2) is 4.39 Å². The summed E-state index contributed by atoms with van der Waals surface area (Å²) in [6, 6.07) is 4.67. The second-order valence-electron chi connectivity index (χ2n) is 3.07. The fraction of sp³-hybridized carbons (Fsp3) is 0.273. The SMILES string of the molecule is CC(F)c1ccc(O)c(/C=C/CN)c1. The normalized spacial score (nSPS) is 13.4. The summed E-state index contributed by atoms with van der Waals surface area (Å²) in [4.78, 5) is 0. The van der Waals surface area contributed by atoms with Crippen LogP contribution in [0.3, 0.4) is 0 Å². The molecule has 2 nitrogen and oxygen atoms in total. The smallest absolute Gasteiger partial charge is 0.122 e. The highest BCUT2D eigenvalue weighted by molar-refractivity contribution is 5.58. The molecule has 0 fully saturated rings. The zero-order valence-corrected chi connectivity index (χ0v) is 8.07. The minimum absolute atomic E-state index is 0.138. The zero-order chi connectivity index (χ0) is 10.6. The Bertz CT molecular complexity index is 334. The van der Waals surface area contributed by atoms with Crippen molar-refractivity contribution in [2.75, 3.05) is 6.54 Å². The third-order valence-electron chi connectivity index (χ3n) is 1.94. The third-order valence-corrected chi connectivity index (χ3v) is 1.94. The van der Waals surface area contributed by atoms with Crippen LogP contribution in [0.4, 0.5) is 4.39 Å². The number of rotatable bonds is 3. The van der Waals surface area contributed by atoms with Gasteiger partial charge in [-0.1, -0.05) is 18.2 Å². The number of alkyl halides is 1. The van der Waals surface area contributed by atoms with Crippen molar-refractivity contribution in [1.82, 2.24) is 0 Å². The van der Waals surface area contributed by atoms with Gasteiger partial charge in [0, 0.05) is 12.1 Å². The van der Waals surface area contributed by atoms with Crippen LogP contribution >= 0.6 is 0 Å². The number of benzene rings is 1. The molecule has 1 aromatic rings. The van der Waals surface area contributed by atoms with Crippen molar-refractivity contribution in [1.29, 1.82) is 0 Å². The van der Waals surface area contributed by atoms with Crippen LogP contribution in [0, 0.1) is 0 Å². The van der Waals surface area contributed by atoms with E-state index in [1.54, 1.807) is 24.3 Å². The second-order valence-corrected chi connectivity index (χ2v) is 3.07. The number of nitrogens with two attached hydrogens (primary N) is 1. The minimum atomic E-state index is -1.03. The first kappa shape index (κ1) is 10.7. The zero-order valence-electron chi connectivity index (χ0n) is 8.07. The van der Waals surface area contributed by atoms with Gasteiger partial charge in [-0.15, -0.1) is 0 Å². The predicted octanol–water partition coefficient (Wildman–Crippen LogP) is 2.39. The number of aromatic hydroxyl groups is 1. The first-order chi connectivity index (χ1) is 6.65. The molecule has 0 heterocycles. The van der Waals surface area contributed by atoms with Gasteiger partial charge in [0.15, 0.2) is 0 Å². The average molecular weight is 195 g/mol. The molecule has 0 bridgehead atoms. The van der Waals surface area contributed by atoms with Crippen LogP contribution in [-0.2, 0) is 0 Å². The molecule has 0 aliphatic carbocycles. The predicted molar refractivity (Wildman–Crippen MR) is 55.7 cm³/mol. The van der Waals surface area contributed by atoms with Gasteiger partial charge < -0.3 is 10.8 Å². The maximum atomic E-state index is 12.9. The number of phenolic OH excluding ortho intramolecular Hbond substituents is 1. The summed E-state index contributed by atoms with van der Waals surface area (Å²) in [5, 5.41) is 9.43. The Morgan fingerprint density at radius 3 is 2.86 bits per heavy atom. The van der Waals surface area contributed by atoms with Gasteiger partial charge in [0.25, 0.3) is 0 Å². The first-order valence-corrected chi connectivity index (χ1v) is 4.48. The van der Waals surface area contributed by atoms with E-state index in [0.29, 0.717) is 17.7 Å². The average Bonchev–Trinajstić information content (AvgIpc) is 2.16. The van der Waals surface area contributed by atoms with Crippen LogP contribution in [0.2, 0.25) is 0 Å². The fourth-order valence-electron chi connectivity index (χ4n) is 1.15. The highest BCUT2D eigenvalue weighted by Gasteiger charge is 2.05. The van der Waals surface area contributed by atoms with E-state index in [-0.39, 0.29) is 5.75 Å². The van der Waals surface area contributed by atoms with Crippen LogP contribution in [0.15, 0.2) is 24.3 Å². The quantitative estimate of drug-likeness (QED) is 0.777. The van der Waals surface area contributed by atoms with Gasteiger partial charge in [0.1, 0.15) is 11.9 Å². The molecule has 14 heavy (non-hydrogen) atoms. The lowest BCUT2D eigenvalue weighted by atomic mass is 10.1. The molecular weight excluding hydrogens is 181 g/mol. The molecule has 1 atom stereocenters. The van der Waals surface area contributed by atoms with E-state index in [9.17, 15) is 9.50 Å². The van der Waals surface area contributed by atoms with Crippen molar-refractivity contribution in [2.45, 2.75) is 13.1 Å². The standard InChI is InChI=1S/C11H14FNO/c1-8(12)9-4-5-11(14)10(7-9)3-2-6-13/h2-5,7-8,14H,6,13H2,1H3/b3-2+. The van der Waals surface area contributed by atoms with Gasteiger partial charge in [-0.2, -0.15) is 0 Å². The molecule has 1 unspecified atom stereocenters. The molecule has 0 amide bonds. The van der Waals surface area contributed by atoms with E-state index in [2.05, 4.69) is 0 Å². The largest absolute Gasteiger partial charge is 0.507 e. The Morgan fingerprint density at radius 1 is 1.57 bits per heavy atom. The Balaban J connectivity index is 3.02. The van der Waals surface area contributed by atoms with Crippen molar-refractivity contribution in [2.24, 2.45) is 5.73 Å². The topological polar surface area (TPSA) is 46.2 Å². The monoisotopic (exact) mass is 195 g/mol. The molecule has 0 saturated heterocycles. The lowest BCUT2D eigenvalue weighted by Gasteiger charge is -2.05. The summed E-state index contributed by atoms with van der Waals surface area (Å²) < 4.78 is 12.9. The molecule has 0 saturated carbocycles. The first-order valence-electron chi connectivity index (χ1n) is 4.48. The summed E-state index contributed by atoms with van der Waals surface area (Å²) >= 11 is 0. The van der Waals surface area contributed by atoms with Gasteiger partial charge >= 0.3 is 0 Å². The molecule has 0 aliphatic heterocycles. The van der Waals surface area contributed by atoms with Gasteiger partial charge in [-0.05, 0) is 24.6 Å². The molecule has 0 spiro atoms. The van der Waals surface area contributed by atoms with Crippen LogP contribution in [-0.4, -0.2) is 11.7 Å². The highest BCUT2D eigenvalue weighted by Crippen LogP contribution is 2.24. The van der Waals surface area contributed by atoms with Crippen LogP contribution in [0.25, 0.3) is 6.08 Å². The molecule has 1 aromatic carbocycles. The van der Waals surface area contributed by atoms with Crippen LogP contribution in [0.1, 0.15) is 24.2 Å². The van der Waals surface area contributed by atoms with Gasteiger partial charge in [0.05, 0.1) is 0 Å². The van der Waals surface area contributed by atoms with Crippen LogP contribution in [0.5, 0.6) is 5.75 Å². The maximum absolute atomic E-state index is 12.9. The van der Waals surface area contributed by atoms with E-state index in [4.69, 9.17) is 5.73 Å². The molecule has 0 aromatic heterocycles. The number of hydrogen-bond donors (Lipinski definition) is 2. The molecule has 0 radical (unpaired) electrons. The van der Waals surface area contributed by atoms with Crippen molar-refractivity contribution in [3.05, 3.63) is 35.4 Å². The molecule has 0 aliphatic rings. The molecule has 3 N–H and O–H groups in total. The molecule has 1 rings (SSSR count). The van der Waals surface area contributed by atoms with Crippen molar-refractivity contribution < 1.29 is 9.50 Å². The molecular formula is C11H14FNO. The van der Waals surface area contributed by atoms with Crippen LogP contribution < -0.4 is 5.73 Å². The summed E-state index contributed by atoms with van der Waals surface area (Å²) in [7, 11) is 0. The summed E-state index contributed by atoms with van der Waals surface area (Å²) in [5.41, 5.74) is 6.43. The van der Waals surface area contributed by atoms with E-state index in [0.717, 1.165) is 0 Å². The Morgan fingerprint density at radius 2 is 2.29 bits per heavy atom. The van der Waals surface area contributed by atoms with E-state index in [1.807, 2.05) is 0 Å². The Hall–Kier alpha value is -1.35. The number of phenols is 1. The summed E-state index contributed by atoms with van der Waals surface area (Å²) in [6.07, 6.45) is 2.36. The third kappa shape index (κ3) is 2.57. The maximum Gasteiger partial charge on any atom is 0.122 e. The second kappa shape index (κ2) is 4.77. The fourth-order valence-corrected chi connectivity index (χ4v) is 1.15. The number of halogens is 1. The Labute approximate surface area is 82.9 Å². The summed E-state index contributed by atoms with van der Waals surface area (Å²) in [5.74, 6) is 0.138. The van der Waals surface area contributed by atoms with E-state index in [1.165, 1.54) is 13.0 Å². The highest BCUT2D eigenvalue weighted by atomic mass is 19.1. The van der Waals surface area contributed by atoms with Crippen molar-refractivity contribution in [3.8, 4) is 5.75 Å². The lowest BCUT2D eigenvalue weighted by molar-refractivity contribution is 0.373. The van der Waals surface area contributed by atoms with Gasteiger partial charge in [-0.3, -0.25) is 0 Å². The van der Waals surface area contributed by atoms with Crippen molar-refractivity contribution in [3.63, 3.8) is 0 Å². The molecule has 3 heteroatoms. The van der Waals surface area contributed by atoms with E-state index < -0.39 is 6.17 Å². The van der Waals surface area contributed by atoms with Crippen molar-refractivity contribution >= 4 is 6.08 Å². The van der Waals surface area contributed by atoms with Gasteiger partial charge in [0.2, 0.25) is 0 Å². The number of hydrogen-bond acceptors (Lipinski definition) is 2.